The fourth-order valence-electron chi connectivity index (χ4n) is 6.44. The molecule has 3 aromatic carbocycles. The first-order valence-electron chi connectivity index (χ1n) is 15.1. The highest BCUT2D eigenvalue weighted by Gasteiger charge is 2.44. The summed E-state index contributed by atoms with van der Waals surface area (Å²) in [5, 5.41) is 12.1. The molecule has 1 aliphatic rings. The summed E-state index contributed by atoms with van der Waals surface area (Å²) in [4.78, 5) is 44.9. The van der Waals surface area contributed by atoms with Crippen LogP contribution in [0.1, 0.15) is 82.5 Å². The molecule has 5 aromatic rings. The Balaban J connectivity index is 1.54. The van der Waals surface area contributed by atoms with Crippen molar-refractivity contribution in [3.63, 3.8) is 0 Å². The standard InChI is InChI=1S/C36H31F2N5O4/c1-18(2)13-26-30(33(40)44)29(31-32(41-26)36(4,42-34(31)45)16-20-5-10-24(37)11-6-20)22-9-12-27-28(15-22)47-35(46)43(27)19(3)21-7-8-23(17-39)25(38)14-21/h5-12,14-15,18-19H,13,16H2,1-4H3,(H2,40,44)(H,42,45). The molecule has 3 heterocycles. The second-order valence-electron chi connectivity index (χ2n) is 12.5. The van der Waals surface area contributed by atoms with E-state index in [1.54, 1.807) is 49.4 Å². The zero-order valence-corrected chi connectivity index (χ0v) is 26.2. The second-order valence-corrected chi connectivity index (χ2v) is 12.5. The van der Waals surface area contributed by atoms with Gasteiger partial charge < -0.3 is 15.5 Å². The van der Waals surface area contributed by atoms with Crippen LogP contribution in [-0.4, -0.2) is 21.4 Å². The Morgan fingerprint density at radius 1 is 1.06 bits per heavy atom. The lowest BCUT2D eigenvalue weighted by molar-refractivity contribution is 0.0935. The summed E-state index contributed by atoms with van der Waals surface area (Å²) in [5.74, 6) is -2.91. The molecule has 238 valence electrons. The van der Waals surface area contributed by atoms with Crippen LogP contribution in [0.3, 0.4) is 0 Å². The first-order valence-corrected chi connectivity index (χ1v) is 15.1. The number of aromatic nitrogens is 2. The van der Waals surface area contributed by atoms with Gasteiger partial charge in [-0.3, -0.25) is 19.1 Å². The van der Waals surface area contributed by atoms with Gasteiger partial charge >= 0.3 is 5.76 Å². The van der Waals surface area contributed by atoms with Gasteiger partial charge in [0, 0.05) is 12.0 Å². The van der Waals surface area contributed by atoms with Crippen LogP contribution in [0.4, 0.5) is 8.78 Å². The molecule has 9 nitrogen and oxygen atoms in total. The smallest absolute Gasteiger partial charge is 0.408 e. The number of halogens is 2. The maximum Gasteiger partial charge on any atom is 0.420 e. The number of fused-ring (bicyclic) bond motifs is 2. The van der Waals surface area contributed by atoms with Crippen LogP contribution in [-0.2, 0) is 18.4 Å². The van der Waals surface area contributed by atoms with Crippen molar-refractivity contribution in [1.29, 1.82) is 5.26 Å². The molecule has 0 fully saturated rings. The fourth-order valence-corrected chi connectivity index (χ4v) is 6.44. The lowest BCUT2D eigenvalue weighted by Crippen LogP contribution is -2.39. The number of carbonyl (C=O) groups is 2. The Morgan fingerprint density at radius 3 is 2.43 bits per heavy atom. The van der Waals surface area contributed by atoms with Gasteiger partial charge in [-0.25, -0.2) is 13.6 Å². The van der Waals surface area contributed by atoms with Crippen LogP contribution < -0.4 is 16.8 Å². The lowest BCUT2D eigenvalue weighted by atomic mass is 9.84. The van der Waals surface area contributed by atoms with Crippen molar-refractivity contribution in [1.82, 2.24) is 14.9 Å². The third-order valence-electron chi connectivity index (χ3n) is 8.62. The van der Waals surface area contributed by atoms with E-state index in [4.69, 9.17) is 20.4 Å². The van der Waals surface area contributed by atoms with Gasteiger partial charge in [0.2, 0.25) is 0 Å². The molecule has 0 saturated carbocycles. The number of pyridine rings is 1. The van der Waals surface area contributed by atoms with Gasteiger partial charge in [-0.1, -0.05) is 38.1 Å². The van der Waals surface area contributed by atoms with Gasteiger partial charge in [-0.2, -0.15) is 5.26 Å². The molecule has 0 aliphatic carbocycles. The average molecular weight is 636 g/mol. The predicted octanol–water partition coefficient (Wildman–Crippen LogP) is 5.91. The highest BCUT2D eigenvalue weighted by Crippen LogP contribution is 2.42. The van der Waals surface area contributed by atoms with E-state index in [1.807, 2.05) is 20.8 Å². The first-order chi connectivity index (χ1) is 22.3. The van der Waals surface area contributed by atoms with Crippen molar-refractivity contribution in [2.24, 2.45) is 11.7 Å². The molecule has 0 bridgehead atoms. The van der Waals surface area contributed by atoms with Crippen molar-refractivity contribution < 1.29 is 22.8 Å². The first kappa shape index (κ1) is 31.4. The maximum absolute atomic E-state index is 14.4. The Bertz CT molecular complexity index is 2200. The number of hydrogen-bond acceptors (Lipinski definition) is 6. The number of rotatable bonds is 8. The summed E-state index contributed by atoms with van der Waals surface area (Å²) >= 11 is 0. The Morgan fingerprint density at radius 2 is 1.79 bits per heavy atom. The van der Waals surface area contributed by atoms with Crippen LogP contribution >= 0.6 is 0 Å². The number of oxazole rings is 1. The molecular weight excluding hydrogens is 604 g/mol. The van der Waals surface area contributed by atoms with Crippen LogP contribution in [0.25, 0.3) is 22.2 Å². The quantitative estimate of drug-likeness (QED) is 0.217. The van der Waals surface area contributed by atoms with E-state index in [9.17, 15) is 23.2 Å². The van der Waals surface area contributed by atoms with Crippen LogP contribution in [0, 0.1) is 28.9 Å². The number of amides is 2. The van der Waals surface area contributed by atoms with E-state index in [0.29, 0.717) is 40.9 Å². The molecule has 47 heavy (non-hydrogen) atoms. The Kier molecular flexibility index (Phi) is 7.76. The van der Waals surface area contributed by atoms with Crippen molar-refractivity contribution >= 4 is 22.9 Å². The molecule has 2 atom stereocenters. The van der Waals surface area contributed by atoms with Crippen molar-refractivity contribution in [2.75, 3.05) is 0 Å². The maximum atomic E-state index is 14.4. The zero-order chi connectivity index (χ0) is 33.8. The number of primary amides is 1. The van der Waals surface area contributed by atoms with Gasteiger partial charge in [0.1, 0.15) is 17.7 Å². The van der Waals surface area contributed by atoms with Crippen LogP contribution in [0.2, 0.25) is 0 Å². The van der Waals surface area contributed by atoms with Crippen molar-refractivity contribution in [2.45, 2.75) is 52.1 Å². The number of nitriles is 1. The van der Waals surface area contributed by atoms with Crippen LogP contribution in [0.15, 0.2) is 69.9 Å². The van der Waals surface area contributed by atoms with E-state index in [2.05, 4.69) is 5.32 Å². The Hall–Kier alpha value is -5.63. The topological polar surface area (TPSA) is 144 Å². The molecule has 1 aliphatic heterocycles. The number of carbonyl (C=O) groups excluding carboxylic acids is 2. The molecule has 0 spiro atoms. The van der Waals surface area contributed by atoms with Gasteiger partial charge in [0.05, 0.1) is 45.2 Å². The Labute approximate surface area is 268 Å². The van der Waals surface area contributed by atoms with E-state index in [-0.39, 0.29) is 39.6 Å². The molecule has 3 N–H and O–H groups in total. The van der Waals surface area contributed by atoms with Gasteiger partial charge in [-0.15, -0.1) is 0 Å². The zero-order valence-electron chi connectivity index (χ0n) is 26.2. The minimum Gasteiger partial charge on any atom is -0.408 e. The number of benzene rings is 3. The predicted molar refractivity (Wildman–Crippen MR) is 171 cm³/mol. The largest absolute Gasteiger partial charge is 0.420 e. The minimum atomic E-state index is -0.993. The molecule has 2 unspecified atom stereocenters. The van der Waals surface area contributed by atoms with E-state index in [1.165, 1.54) is 28.8 Å². The van der Waals surface area contributed by atoms with Gasteiger partial charge in [-0.05, 0) is 79.3 Å². The van der Waals surface area contributed by atoms with Crippen molar-refractivity contribution in [3.8, 4) is 17.2 Å². The minimum absolute atomic E-state index is 0.0861. The second kappa shape index (κ2) is 11.6. The van der Waals surface area contributed by atoms with E-state index >= 15 is 0 Å². The number of hydrogen-bond donors (Lipinski definition) is 2. The third-order valence-corrected chi connectivity index (χ3v) is 8.62. The summed E-state index contributed by atoms with van der Waals surface area (Å²) in [6.45, 7) is 7.49. The average Bonchev–Trinajstić information content (AvgIpc) is 3.47. The third kappa shape index (κ3) is 5.46. The highest BCUT2D eigenvalue weighted by atomic mass is 19.1. The fraction of sp³-hybridized carbons (Fsp3) is 0.250. The molecule has 0 saturated heterocycles. The van der Waals surface area contributed by atoms with Crippen LogP contribution in [0.5, 0.6) is 0 Å². The highest BCUT2D eigenvalue weighted by molar-refractivity contribution is 6.12. The molecule has 6 rings (SSSR count). The molecule has 11 heteroatoms. The molecule has 0 radical (unpaired) electrons. The normalized spacial score (nSPS) is 16.3. The van der Waals surface area contributed by atoms with E-state index < -0.39 is 35.0 Å². The summed E-state index contributed by atoms with van der Waals surface area (Å²) < 4.78 is 35.1. The van der Waals surface area contributed by atoms with Gasteiger partial charge in [0.25, 0.3) is 11.8 Å². The lowest BCUT2D eigenvalue weighted by Gasteiger charge is -2.26. The van der Waals surface area contributed by atoms with E-state index in [0.717, 1.165) is 5.56 Å². The van der Waals surface area contributed by atoms with Gasteiger partial charge in [0.15, 0.2) is 5.58 Å². The molecular formula is C36H31F2N5O4. The number of nitrogens with one attached hydrogen (secondary N) is 1. The molecule has 2 aromatic heterocycles. The SMILES string of the molecule is CC(C)Cc1nc2c(c(-c3ccc4c(c3)oc(=O)n4C(C)c3ccc(C#N)c(F)c3)c1C(N)=O)C(=O)NC2(C)Cc1ccc(F)cc1. The summed E-state index contributed by atoms with van der Waals surface area (Å²) in [6, 6.07) is 16.1. The molecule has 2 amide bonds. The summed E-state index contributed by atoms with van der Waals surface area (Å²) in [6.07, 6.45) is 0.700. The monoisotopic (exact) mass is 635 g/mol. The number of nitrogens with two attached hydrogens (primary N) is 1. The summed E-state index contributed by atoms with van der Waals surface area (Å²) in [5.41, 5.74) is 8.49. The summed E-state index contributed by atoms with van der Waals surface area (Å²) in [7, 11) is 0. The van der Waals surface area contributed by atoms with Crippen molar-refractivity contribution in [3.05, 3.63) is 122 Å². The number of nitrogens with zero attached hydrogens (tertiary/aromatic N) is 3.